The van der Waals surface area contributed by atoms with Crippen LogP contribution in [0, 0.1) is 13.8 Å². The predicted octanol–water partition coefficient (Wildman–Crippen LogP) is 5.11. The van der Waals surface area contributed by atoms with Crippen molar-refractivity contribution in [1.29, 1.82) is 0 Å². The molecule has 2 rings (SSSR count). The lowest BCUT2D eigenvalue weighted by Gasteiger charge is -2.23. The van der Waals surface area contributed by atoms with E-state index in [2.05, 4.69) is 41.4 Å². The highest BCUT2D eigenvalue weighted by Gasteiger charge is 2.06. The van der Waals surface area contributed by atoms with Crippen LogP contribution >= 0.6 is 11.6 Å². The maximum absolute atomic E-state index is 11.9. The molecule has 0 saturated carbocycles. The Morgan fingerprint density at radius 1 is 1.10 bits per heavy atom. The van der Waals surface area contributed by atoms with Gasteiger partial charge in [-0.1, -0.05) is 37.6 Å². The van der Waals surface area contributed by atoms with E-state index in [1.54, 1.807) is 6.21 Å². The first-order chi connectivity index (χ1) is 13.9. The first-order valence-corrected chi connectivity index (χ1v) is 10.4. The molecule has 0 aliphatic rings. The predicted molar refractivity (Wildman–Crippen MR) is 121 cm³/mol. The number of rotatable bonds is 10. The maximum Gasteiger partial charge on any atom is 0.277 e. The Morgan fingerprint density at radius 2 is 1.69 bits per heavy atom. The standard InChI is InChI=1S/C23H30ClN3O2/c1-5-11-27(12-6-2)20-9-7-19(8-10-20)15-25-26-22(28)16-29-21-13-17(3)23(24)18(4)14-21/h7-10,13-15H,5-6,11-12,16H2,1-4H3,(H,26,28)/b25-15+. The van der Waals surface area contributed by atoms with Crippen molar-refractivity contribution in [1.82, 2.24) is 5.43 Å². The molecule has 0 bridgehead atoms. The van der Waals surface area contributed by atoms with Gasteiger partial charge in [-0.05, 0) is 67.6 Å². The molecule has 2 aromatic rings. The van der Waals surface area contributed by atoms with Crippen LogP contribution in [0.15, 0.2) is 41.5 Å². The summed E-state index contributed by atoms with van der Waals surface area (Å²) in [5, 5.41) is 4.72. The fraction of sp³-hybridized carbons (Fsp3) is 0.391. The molecule has 0 saturated heterocycles. The number of nitrogens with one attached hydrogen (secondary N) is 1. The second-order valence-electron chi connectivity index (χ2n) is 7.03. The van der Waals surface area contributed by atoms with Crippen LogP contribution in [-0.4, -0.2) is 31.8 Å². The Bertz CT molecular complexity index is 806. The molecule has 2 aromatic carbocycles. The molecule has 0 aliphatic carbocycles. The lowest BCUT2D eigenvalue weighted by Crippen LogP contribution is -2.25. The number of hydrogen-bond donors (Lipinski definition) is 1. The molecule has 1 amide bonds. The van der Waals surface area contributed by atoms with E-state index in [-0.39, 0.29) is 12.5 Å². The Labute approximate surface area is 178 Å². The van der Waals surface area contributed by atoms with Crippen LogP contribution in [0.2, 0.25) is 5.02 Å². The number of benzene rings is 2. The van der Waals surface area contributed by atoms with Gasteiger partial charge in [-0.3, -0.25) is 4.79 Å². The van der Waals surface area contributed by atoms with E-state index in [0.29, 0.717) is 10.8 Å². The summed E-state index contributed by atoms with van der Waals surface area (Å²) in [4.78, 5) is 14.3. The summed E-state index contributed by atoms with van der Waals surface area (Å²) < 4.78 is 5.53. The summed E-state index contributed by atoms with van der Waals surface area (Å²) in [6.07, 6.45) is 3.86. The van der Waals surface area contributed by atoms with Crippen LogP contribution in [0.5, 0.6) is 5.75 Å². The first kappa shape index (κ1) is 22.8. The van der Waals surface area contributed by atoms with Gasteiger partial charge in [-0.25, -0.2) is 5.43 Å². The third-order valence-electron chi connectivity index (χ3n) is 4.43. The molecule has 5 nitrogen and oxygen atoms in total. The van der Waals surface area contributed by atoms with Gasteiger partial charge >= 0.3 is 0 Å². The highest BCUT2D eigenvalue weighted by Crippen LogP contribution is 2.25. The highest BCUT2D eigenvalue weighted by atomic mass is 35.5. The average Bonchev–Trinajstić information content (AvgIpc) is 2.71. The van der Waals surface area contributed by atoms with Gasteiger partial charge in [0.1, 0.15) is 5.75 Å². The van der Waals surface area contributed by atoms with Crippen molar-refractivity contribution in [3.05, 3.63) is 58.1 Å². The molecule has 0 atom stereocenters. The molecule has 156 valence electrons. The number of halogens is 1. The summed E-state index contributed by atoms with van der Waals surface area (Å²) in [6, 6.07) is 11.8. The maximum atomic E-state index is 11.9. The number of carbonyl (C=O) groups is 1. The van der Waals surface area contributed by atoms with Gasteiger partial charge in [0.15, 0.2) is 6.61 Å². The quantitative estimate of drug-likeness (QED) is 0.433. The van der Waals surface area contributed by atoms with Crippen molar-refractivity contribution < 1.29 is 9.53 Å². The van der Waals surface area contributed by atoms with E-state index in [1.165, 1.54) is 5.69 Å². The number of nitrogens with zero attached hydrogens (tertiary/aromatic N) is 2. The number of ether oxygens (including phenoxy) is 1. The third kappa shape index (κ3) is 7.09. The smallest absolute Gasteiger partial charge is 0.277 e. The summed E-state index contributed by atoms with van der Waals surface area (Å²) in [6.45, 7) is 10.2. The van der Waals surface area contributed by atoms with Gasteiger partial charge in [-0.2, -0.15) is 5.10 Å². The van der Waals surface area contributed by atoms with Gasteiger partial charge in [-0.15, -0.1) is 0 Å². The van der Waals surface area contributed by atoms with Gasteiger partial charge in [0, 0.05) is 23.8 Å². The number of hydrogen-bond acceptors (Lipinski definition) is 4. The number of anilines is 1. The minimum absolute atomic E-state index is 0.111. The van der Waals surface area contributed by atoms with Gasteiger partial charge in [0.25, 0.3) is 5.91 Å². The third-order valence-corrected chi connectivity index (χ3v) is 5.02. The van der Waals surface area contributed by atoms with Crippen LogP contribution < -0.4 is 15.1 Å². The number of amides is 1. The van der Waals surface area contributed by atoms with E-state index >= 15 is 0 Å². The normalized spacial score (nSPS) is 10.9. The van der Waals surface area contributed by atoms with E-state index in [0.717, 1.165) is 42.6 Å². The lowest BCUT2D eigenvalue weighted by molar-refractivity contribution is -0.123. The fourth-order valence-electron chi connectivity index (χ4n) is 3.03. The second kappa shape index (κ2) is 11.5. The van der Waals surface area contributed by atoms with E-state index in [9.17, 15) is 4.79 Å². The average molecular weight is 416 g/mol. The molecule has 6 heteroatoms. The van der Waals surface area contributed by atoms with Crippen LogP contribution in [0.3, 0.4) is 0 Å². The van der Waals surface area contributed by atoms with Crippen LogP contribution in [0.1, 0.15) is 43.4 Å². The van der Waals surface area contributed by atoms with Crippen molar-refractivity contribution in [2.45, 2.75) is 40.5 Å². The van der Waals surface area contributed by atoms with Gasteiger partial charge < -0.3 is 9.64 Å². The molecule has 0 unspecified atom stereocenters. The topological polar surface area (TPSA) is 53.9 Å². The number of carbonyl (C=O) groups excluding carboxylic acids is 1. The highest BCUT2D eigenvalue weighted by molar-refractivity contribution is 6.32. The molecular formula is C23H30ClN3O2. The SMILES string of the molecule is CCCN(CCC)c1ccc(/C=N/NC(=O)COc2cc(C)c(Cl)c(C)c2)cc1. The van der Waals surface area contributed by atoms with Gasteiger partial charge in [0.05, 0.1) is 6.21 Å². The zero-order valence-electron chi connectivity index (χ0n) is 17.7. The second-order valence-corrected chi connectivity index (χ2v) is 7.41. The monoisotopic (exact) mass is 415 g/mol. The van der Waals surface area contributed by atoms with E-state index in [4.69, 9.17) is 16.3 Å². The fourth-order valence-corrected chi connectivity index (χ4v) is 3.14. The summed E-state index contributed by atoms with van der Waals surface area (Å²) in [5.41, 5.74) is 6.45. The Kier molecular flexibility index (Phi) is 9.00. The van der Waals surface area contributed by atoms with E-state index in [1.807, 2.05) is 38.1 Å². The Hall–Kier alpha value is -2.53. The summed E-state index contributed by atoms with van der Waals surface area (Å²) >= 11 is 6.14. The van der Waals surface area contributed by atoms with E-state index < -0.39 is 0 Å². The van der Waals surface area contributed by atoms with Crippen LogP contribution in [-0.2, 0) is 4.79 Å². The minimum atomic E-state index is -0.319. The molecule has 0 spiro atoms. The lowest BCUT2D eigenvalue weighted by atomic mass is 10.1. The molecule has 0 radical (unpaired) electrons. The first-order valence-electron chi connectivity index (χ1n) is 10.0. The Balaban J connectivity index is 1.85. The molecular weight excluding hydrogens is 386 g/mol. The summed E-state index contributed by atoms with van der Waals surface area (Å²) in [5.74, 6) is 0.294. The molecule has 0 aliphatic heterocycles. The zero-order chi connectivity index (χ0) is 21.2. The zero-order valence-corrected chi connectivity index (χ0v) is 18.4. The molecule has 1 N–H and O–H groups in total. The van der Waals surface area contributed by atoms with Crippen LogP contribution in [0.4, 0.5) is 5.69 Å². The van der Waals surface area contributed by atoms with Crippen LogP contribution in [0.25, 0.3) is 0 Å². The Morgan fingerprint density at radius 3 is 2.24 bits per heavy atom. The molecule has 29 heavy (non-hydrogen) atoms. The van der Waals surface area contributed by atoms with Crippen molar-refractivity contribution in [3.8, 4) is 5.75 Å². The van der Waals surface area contributed by atoms with Crippen molar-refractivity contribution in [2.75, 3.05) is 24.6 Å². The van der Waals surface area contributed by atoms with Gasteiger partial charge in [0.2, 0.25) is 0 Å². The molecule has 0 heterocycles. The van der Waals surface area contributed by atoms with Crippen molar-refractivity contribution in [2.24, 2.45) is 5.10 Å². The largest absolute Gasteiger partial charge is 0.484 e. The van der Waals surface area contributed by atoms with Crippen molar-refractivity contribution in [3.63, 3.8) is 0 Å². The molecule has 0 fully saturated rings. The minimum Gasteiger partial charge on any atom is -0.484 e. The summed E-state index contributed by atoms with van der Waals surface area (Å²) in [7, 11) is 0. The van der Waals surface area contributed by atoms with Crippen molar-refractivity contribution >= 4 is 29.4 Å². The molecule has 0 aromatic heterocycles. The number of aryl methyl sites for hydroxylation is 2. The number of hydrazone groups is 1.